The zero-order valence-corrected chi connectivity index (χ0v) is 20.7. The molecule has 6 heteroatoms. The molecule has 2 aromatic carbocycles. The highest BCUT2D eigenvalue weighted by molar-refractivity contribution is 5.97. The Labute approximate surface area is 206 Å². The van der Waals surface area contributed by atoms with Crippen LogP contribution in [-0.4, -0.2) is 40.1 Å². The number of aromatic nitrogens is 2. The molecule has 0 atom stereocenters. The number of rotatable bonds is 7. The molecule has 0 bridgehead atoms. The van der Waals surface area contributed by atoms with Gasteiger partial charge >= 0.3 is 0 Å². The normalized spacial score (nSPS) is 14.7. The summed E-state index contributed by atoms with van der Waals surface area (Å²) in [5.74, 6) is 2.97. The fraction of sp³-hybridized carbons (Fsp3) is 0.379. The number of nitrogens with zero attached hydrogens (tertiary/aromatic N) is 3. The van der Waals surface area contributed by atoms with Gasteiger partial charge in [-0.2, -0.15) is 0 Å². The lowest BCUT2D eigenvalue weighted by molar-refractivity contribution is 0.0680. The average molecular weight is 472 g/mol. The van der Waals surface area contributed by atoms with Gasteiger partial charge in [0.05, 0.1) is 6.61 Å². The molecule has 3 heterocycles. The number of para-hydroxylation sites is 1. The lowest BCUT2D eigenvalue weighted by atomic mass is 9.95. The average Bonchev–Trinajstić information content (AvgIpc) is 3.52. The SMILES string of the molecule is CCOc1cccc2cc(C(=O)N3CCC(c4nccn4Cc4ccc(C(C)C)cc4)CC3)oc12. The van der Waals surface area contributed by atoms with Crippen LogP contribution >= 0.6 is 0 Å². The van der Waals surface area contributed by atoms with Gasteiger partial charge in [0, 0.05) is 43.3 Å². The minimum atomic E-state index is -0.0596. The van der Waals surface area contributed by atoms with Crippen molar-refractivity contribution in [2.24, 2.45) is 0 Å². The predicted molar refractivity (Wildman–Crippen MR) is 137 cm³/mol. The van der Waals surface area contributed by atoms with Gasteiger partial charge in [-0.05, 0) is 48.9 Å². The number of hydrogen-bond donors (Lipinski definition) is 0. The van der Waals surface area contributed by atoms with Crippen molar-refractivity contribution in [1.82, 2.24) is 14.5 Å². The third kappa shape index (κ3) is 4.83. The van der Waals surface area contributed by atoms with E-state index >= 15 is 0 Å². The summed E-state index contributed by atoms with van der Waals surface area (Å²) in [5.41, 5.74) is 3.27. The first-order chi connectivity index (χ1) is 17.0. The molecular weight excluding hydrogens is 438 g/mol. The van der Waals surface area contributed by atoms with Gasteiger partial charge in [-0.15, -0.1) is 0 Å². The number of piperidine rings is 1. The maximum absolute atomic E-state index is 13.2. The van der Waals surface area contributed by atoms with Gasteiger partial charge in [0.2, 0.25) is 0 Å². The Balaban J connectivity index is 1.24. The Morgan fingerprint density at radius 2 is 1.91 bits per heavy atom. The van der Waals surface area contributed by atoms with Crippen molar-refractivity contribution in [3.8, 4) is 5.75 Å². The van der Waals surface area contributed by atoms with Crippen molar-refractivity contribution in [3.63, 3.8) is 0 Å². The number of carbonyl (C=O) groups excluding carboxylic acids is 1. The Hall–Kier alpha value is -3.54. The molecule has 1 fully saturated rings. The Morgan fingerprint density at radius 1 is 1.14 bits per heavy atom. The van der Waals surface area contributed by atoms with Crippen molar-refractivity contribution in [2.75, 3.05) is 19.7 Å². The van der Waals surface area contributed by atoms with Crippen LogP contribution in [0.1, 0.15) is 73.0 Å². The van der Waals surface area contributed by atoms with Crippen LogP contribution in [0.15, 0.2) is 65.3 Å². The van der Waals surface area contributed by atoms with Crippen LogP contribution in [0, 0.1) is 0 Å². The third-order valence-corrected chi connectivity index (χ3v) is 6.91. The maximum Gasteiger partial charge on any atom is 0.289 e. The van der Waals surface area contributed by atoms with Gasteiger partial charge in [-0.3, -0.25) is 4.79 Å². The zero-order valence-electron chi connectivity index (χ0n) is 20.7. The molecule has 1 aliphatic rings. The molecule has 0 N–H and O–H groups in total. The van der Waals surface area contributed by atoms with E-state index in [0.29, 0.717) is 48.6 Å². The van der Waals surface area contributed by atoms with E-state index in [1.165, 1.54) is 11.1 Å². The Bertz CT molecular complexity index is 1290. The number of benzene rings is 2. The molecule has 0 aliphatic carbocycles. The van der Waals surface area contributed by atoms with Crippen molar-refractivity contribution in [2.45, 2.75) is 52.0 Å². The second-order valence-corrected chi connectivity index (χ2v) is 9.59. The monoisotopic (exact) mass is 471 g/mol. The fourth-order valence-corrected chi connectivity index (χ4v) is 4.93. The summed E-state index contributed by atoms with van der Waals surface area (Å²) < 4.78 is 13.8. The summed E-state index contributed by atoms with van der Waals surface area (Å²) in [6.07, 6.45) is 5.73. The highest BCUT2D eigenvalue weighted by Crippen LogP contribution is 2.32. The van der Waals surface area contributed by atoms with Gasteiger partial charge in [-0.25, -0.2) is 4.98 Å². The third-order valence-electron chi connectivity index (χ3n) is 6.91. The van der Waals surface area contributed by atoms with Crippen molar-refractivity contribution < 1.29 is 13.9 Å². The van der Waals surface area contributed by atoms with Gasteiger partial charge in [-0.1, -0.05) is 50.2 Å². The molecule has 1 aliphatic heterocycles. The summed E-state index contributed by atoms with van der Waals surface area (Å²) in [4.78, 5) is 19.8. The molecule has 0 unspecified atom stereocenters. The number of fused-ring (bicyclic) bond motifs is 1. The van der Waals surface area contributed by atoms with Crippen LogP contribution in [-0.2, 0) is 6.54 Å². The second kappa shape index (κ2) is 9.98. The van der Waals surface area contributed by atoms with E-state index in [1.54, 1.807) is 0 Å². The first kappa shape index (κ1) is 23.2. The first-order valence-corrected chi connectivity index (χ1v) is 12.6. The molecule has 2 aromatic heterocycles. The number of amides is 1. The minimum absolute atomic E-state index is 0.0596. The van der Waals surface area contributed by atoms with Gasteiger partial charge in [0.15, 0.2) is 17.1 Å². The van der Waals surface area contributed by atoms with E-state index in [4.69, 9.17) is 14.1 Å². The largest absolute Gasteiger partial charge is 0.490 e. The van der Waals surface area contributed by atoms with E-state index in [0.717, 1.165) is 30.6 Å². The van der Waals surface area contributed by atoms with E-state index in [2.05, 4.69) is 48.9 Å². The van der Waals surface area contributed by atoms with Crippen LogP contribution in [0.2, 0.25) is 0 Å². The van der Waals surface area contributed by atoms with Gasteiger partial charge in [0.25, 0.3) is 5.91 Å². The maximum atomic E-state index is 13.2. The number of furan rings is 1. The minimum Gasteiger partial charge on any atom is -0.490 e. The topological polar surface area (TPSA) is 60.5 Å². The van der Waals surface area contributed by atoms with Crippen LogP contribution < -0.4 is 4.74 Å². The molecular formula is C29H33N3O3. The van der Waals surface area contributed by atoms with E-state index in [1.807, 2.05) is 42.3 Å². The number of ether oxygens (including phenoxy) is 1. The number of likely N-dealkylation sites (tertiary alicyclic amines) is 1. The highest BCUT2D eigenvalue weighted by atomic mass is 16.5. The lowest BCUT2D eigenvalue weighted by Gasteiger charge is -2.31. The summed E-state index contributed by atoms with van der Waals surface area (Å²) in [6, 6.07) is 16.4. The Morgan fingerprint density at radius 3 is 2.63 bits per heavy atom. The zero-order chi connectivity index (χ0) is 24.4. The molecule has 4 aromatic rings. The molecule has 0 saturated carbocycles. The lowest BCUT2D eigenvalue weighted by Crippen LogP contribution is -2.38. The van der Waals surface area contributed by atoms with E-state index in [-0.39, 0.29) is 5.91 Å². The van der Waals surface area contributed by atoms with Crippen LogP contribution in [0.25, 0.3) is 11.0 Å². The smallest absolute Gasteiger partial charge is 0.289 e. The molecule has 35 heavy (non-hydrogen) atoms. The van der Waals surface area contributed by atoms with Crippen molar-refractivity contribution >= 4 is 16.9 Å². The van der Waals surface area contributed by atoms with E-state index in [9.17, 15) is 4.79 Å². The molecule has 0 spiro atoms. The highest BCUT2D eigenvalue weighted by Gasteiger charge is 2.28. The predicted octanol–water partition coefficient (Wildman–Crippen LogP) is 6.22. The van der Waals surface area contributed by atoms with Crippen molar-refractivity contribution in [1.29, 1.82) is 0 Å². The molecule has 182 valence electrons. The molecule has 1 amide bonds. The molecule has 0 radical (unpaired) electrons. The standard InChI is InChI=1S/C29H33N3O3/c1-4-34-25-7-5-6-24-18-26(35-27(24)25)29(33)31-15-12-23(13-16-31)28-30-14-17-32(28)19-21-8-10-22(11-9-21)20(2)3/h5-11,14,17-18,20,23H,4,12-13,15-16,19H2,1-3H3. The van der Waals surface area contributed by atoms with E-state index < -0.39 is 0 Å². The fourth-order valence-electron chi connectivity index (χ4n) is 4.93. The number of imidazole rings is 1. The van der Waals surface area contributed by atoms with Gasteiger partial charge < -0.3 is 18.6 Å². The summed E-state index contributed by atoms with van der Waals surface area (Å²) in [5, 5.41) is 0.887. The first-order valence-electron chi connectivity index (χ1n) is 12.6. The van der Waals surface area contributed by atoms with Gasteiger partial charge in [0.1, 0.15) is 5.82 Å². The summed E-state index contributed by atoms with van der Waals surface area (Å²) in [6.45, 7) is 9.11. The molecule has 6 nitrogen and oxygen atoms in total. The van der Waals surface area contributed by atoms with Crippen molar-refractivity contribution in [3.05, 3.63) is 83.6 Å². The number of carbonyl (C=O) groups is 1. The quantitative estimate of drug-likeness (QED) is 0.321. The molecule has 1 saturated heterocycles. The Kier molecular flexibility index (Phi) is 6.62. The summed E-state index contributed by atoms with van der Waals surface area (Å²) >= 11 is 0. The molecule has 5 rings (SSSR count). The number of hydrogen-bond acceptors (Lipinski definition) is 4. The van der Waals surface area contributed by atoms with Crippen LogP contribution in [0.3, 0.4) is 0 Å². The van der Waals surface area contributed by atoms with Crippen LogP contribution in [0.5, 0.6) is 5.75 Å². The van der Waals surface area contributed by atoms with Crippen LogP contribution in [0.4, 0.5) is 0 Å². The second-order valence-electron chi connectivity index (χ2n) is 9.59. The summed E-state index contributed by atoms with van der Waals surface area (Å²) in [7, 11) is 0.